The van der Waals surface area contributed by atoms with Crippen LogP contribution in [-0.4, -0.2) is 5.11 Å². The van der Waals surface area contributed by atoms with Crippen molar-refractivity contribution in [3.8, 4) is 0 Å². The lowest BCUT2D eigenvalue weighted by atomic mass is 10.1. The first-order valence-electron chi connectivity index (χ1n) is 4.94. The van der Waals surface area contributed by atoms with Crippen LogP contribution >= 0.6 is 27.3 Å². The summed E-state index contributed by atoms with van der Waals surface area (Å²) >= 11 is 4.66. The maximum Gasteiger partial charge on any atom is 0.162 e. The number of aliphatic hydroxyl groups is 1. The molecule has 0 saturated heterocycles. The molecule has 0 radical (unpaired) electrons. The zero-order valence-corrected chi connectivity index (χ0v) is 11.1. The Morgan fingerprint density at radius 1 is 1.24 bits per heavy atom. The van der Waals surface area contributed by atoms with Crippen LogP contribution in [-0.2, 0) is 6.42 Å². The molecule has 5 heteroatoms. The summed E-state index contributed by atoms with van der Waals surface area (Å²) in [6, 6.07) is 7.55. The molecule has 2 aromatic rings. The van der Waals surface area contributed by atoms with Gasteiger partial charge in [-0.2, -0.15) is 0 Å². The minimum Gasteiger partial charge on any atom is -0.387 e. The normalized spacial score (nSPS) is 12.7. The average molecular weight is 319 g/mol. The molecule has 0 spiro atoms. The van der Waals surface area contributed by atoms with Crippen LogP contribution in [0.15, 0.2) is 34.1 Å². The molecule has 0 amide bonds. The Labute approximate surface area is 110 Å². The van der Waals surface area contributed by atoms with Gasteiger partial charge in [-0.15, -0.1) is 11.3 Å². The van der Waals surface area contributed by atoms with Gasteiger partial charge in [0.05, 0.1) is 9.89 Å². The topological polar surface area (TPSA) is 20.2 Å². The highest BCUT2D eigenvalue weighted by Gasteiger charge is 2.15. The van der Waals surface area contributed by atoms with E-state index in [0.717, 1.165) is 14.7 Å². The highest BCUT2D eigenvalue weighted by Crippen LogP contribution is 2.29. The van der Waals surface area contributed by atoms with Gasteiger partial charge in [-0.25, -0.2) is 8.78 Å². The summed E-state index contributed by atoms with van der Waals surface area (Å²) in [5.74, 6) is -1.77. The largest absolute Gasteiger partial charge is 0.387 e. The molecule has 17 heavy (non-hydrogen) atoms. The van der Waals surface area contributed by atoms with Crippen molar-refractivity contribution in [2.75, 3.05) is 0 Å². The molecule has 1 N–H and O–H groups in total. The first kappa shape index (κ1) is 12.7. The highest BCUT2D eigenvalue weighted by atomic mass is 79.9. The van der Waals surface area contributed by atoms with E-state index >= 15 is 0 Å². The average Bonchev–Trinajstić information content (AvgIpc) is 2.72. The Bertz CT molecular complexity index is 527. The Morgan fingerprint density at radius 2 is 2.00 bits per heavy atom. The molecule has 0 aliphatic heterocycles. The van der Waals surface area contributed by atoms with Crippen LogP contribution in [0.5, 0.6) is 0 Å². The lowest BCUT2D eigenvalue weighted by molar-refractivity contribution is 0.180. The predicted octanol–water partition coefficient (Wildman–Crippen LogP) is 4.06. The minimum atomic E-state index is -0.887. The van der Waals surface area contributed by atoms with Crippen LogP contribution in [0.3, 0.4) is 0 Å². The van der Waals surface area contributed by atoms with Gasteiger partial charge < -0.3 is 5.11 Å². The molecule has 1 aromatic heterocycles. The van der Waals surface area contributed by atoms with Crippen molar-refractivity contribution in [3.05, 3.63) is 56.2 Å². The van der Waals surface area contributed by atoms with E-state index in [1.807, 2.05) is 6.07 Å². The van der Waals surface area contributed by atoms with Gasteiger partial charge in [0.25, 0.3) is 0 Å². The molecule has 0 bridgehead atoms. The third kappa shape index (κ3) is 2.91. The Balaban J connectivity index is 2.18. The van der Waals surface area contributed by atoms with Crippen LogP contribution < -0.4 is 0 Å². The van der Waals surface area contributed by atoms with Gasteiger partial charge in [0, 0.05) is 11.3 Å². The number of rotatable bonds is 3. The zero-order valence-electron chi connectivity index (χ0n) is 8.66. The third-order valence-corrected chi connectivity index (χ3v) is 4.09. The van der Waals surface area contributed by atoms with E-state index < -0.39 is 17.7 Å². The van der Waals surface area contributed by atoms with E-state index in [1.54, 1.807) is 6.07 Å². The van der Waals surface area contributed by atoms with Crippen LogP contribution in [0.4, 0.5) is 8.78 Å². The SMILES string of the molecule is OC(Cc1cccc(F)c1F)c1ccc(Br)s1. The number of hydrogen-bond donors (Lipinski definition) is 1. The summed E-state index contributed by atoms with van der Waals surface area (Å²) < 4.78 is 27.3. The van der Waals surface area contributed by atoms with Crippen molar-refractivity contribution < 1.29 is 13.9 Å². The van der Waals surface area contributed by atoms with Crippen LogP contribution in [0.1, 0.15) is 16.5 Å². The van der Waals surface area contributed by atoms with E-state index in [4.69, 9.17) is 0 Å². The zero-order chi connectivity index (χ0) is 12.4. The number of hydrogen-bond acceptors (Lipinski definition) is 2. The summed E-state index contributed by atoms with van der Waals surface area (Å²) in [6.45, 7) is 0. The monoisotopic (exact) mass is 318 g/mol. The summed E-state index contributed by atoms with van der Waals surface area (Å²) in [5, 5.41) is 9.90. The standard InChI is InChI=1S/C12H9BrF2OS/c13-11-5-4-10(17-11)9(16)6-7-2-1-3-8(14)12(7)15/h1-5,9,16H,6H2. The van der Waals surface area contributed by atoms with E-state index in [-0.39, 0.29) is 12.0 Å². The molecule has 0 saturated carbocycles. The fourth-order valence-corrected chi connectivity index (χ4v) is 2.93. The predicted molar refractivity (Wildman–Crippen MR) is 67.0 cm³/mol. The van der Waals surface area contributed by atoms with E-state index in [0.29, 0.717) is 0 Å². The number of aliphatic hydroxyl groups excluding tert-OH is 1. The summed E-state index contributed by atoms with van der Waals surface area (Å²) in [7, 11) is 0. The first-order valence-corrected chi connectivity index (χ1v) is 6.55. The van der Waals surface area contributed by atoms with Crippen LogP contribution in [0.2, 0.25) is 0 Å². The lowest BCUT2D eigenvalue weighted by Crippen LogP contribution is -2.03. The maximum absolute atomic E-state index is 13.4. The fourth-order valence-electron chi connectivity index (χ4n) is 1.52. The van der Waals surface area contributed by atoms with Gasteiger partial charge in [-0.1, -0.05) is 12.1 Å². The summed E-state index contributed by atoms with van der Waals surface area (Å²) in [6.07, 6.45) is -0.751. The third-order valence-electron chi connectivity index (χ3n) is 2.37. The quantitative estimate of drug-likeness (QED) is 0.904. The van der Waals surface area contributed by atoms with E-state index in [1.165, 1.54) is 23.5 Å². The van der Waals surface area contributed by atoms with Crippen molar-refractivity contribution in [2.24, 2.45) is 0 Å². The van der Waals surface area contributed by atoms with Gasteiger partial charge >= 0.3 is 0 Å². The molecule has 0 aliphatic rings. The fraction of sp³-hybridized carbons (Fsp3) is 0.167. The Hall–Kier alpha value is -0.780. The van der Waals surface area contributed by atoms with Gasteiger partial charge in [-0.3, -0.25) is 0 Å². The van der Waals surface area contributed by atoms with E-state index in [2.05, 4.69) is 15.9 Å². The molecule has 0 fully saturated rings. The summed E-state index contributed by atoms with van der Waals surface area (Å²) in [5.41, 5.74) is 0.182. The second-order valence-electron chi connectivity index (χ2n) is 3.57. The second kappa shape index (κ2) is 5.25. The Kier molecular flexibility index (Phi) is 3.91. The molecule has 1 heterocycles. The van der Waals surface area contributed by atoms with Gasteiger partial charge in [0.1, 0.15) is 0 Å². The molecule has 1 aromatic carbocycles. The molecule has 0 aliphatic carbocycles. The number of benzene rings is 1. The number of thiophene rings is 1. The highest BCUT2D eigenvalue weighted by molar-refractivity contribution is 9.11. The Morgan fingerprint density at radius 3 is 2.65 bits per heavy atom. The molecular formula is C12H9BrF2OS. The van der Waals surface area contributed by atoms with Gasteiger partial charge in [-0.05, 0) is 39.7 Å². The molecule has 2 rings (SSSR count). The van der Waals surface area contributed by atoms with Gasteiger partial charge in [0.2, 0.25) is 0 Å². The second-order valence-corrected chi connectivity index (χ2v) is 6.07. The molecule has 1 atom stereocenters. The van der Waals surface area contributed by atoms with Crippen molar-refractivity contribution in [3.63, 3.8) is 0 Å². The van der Waals surface area contributed by atoms with Gasteiger partial charge in [0.15, 0.2) is 11.6 Å². The molecule has 90 valence electrons. The first-order chi connectivity index (χ1) is 8.08. The summed E-state index contributed by atoms with van der Waals surface area (Å²) in [4.78, 5) is 0.723. The van der Waals surface area contributed by atoms with Crippen molar-refractivity contribution in [1.29, 1.82) is 0 Å². The van der Waals surface area contributed by atoms with E-state index in [9.17, 15) is 13.9 Å². The smallest absolute Gasteiger partial charge is 0.162 e. The maximum atomic E-state index is 13.4. The molecule has 1 nitrogen and oxygen atoms in total. The van der Waals surface area contributed by atoms with Crippen LogP contribution in [0, 0.1) is 11.6 Å². The van der Waals surface area contributed by atoms with Crippen LogP contribution in [0.25, 0.3) is 0 Å². The van der Waals surface area contributed by atoms with Crippen molar-refractivity contribution >= 4 is 27.3 Å². The lowest BCUT2D eigenvalue weighted by Gasteiger charge is -2.09. The number of halogens is 3. The molecule has 1 unspecified atom stereocenters. The van der Waals surface area contributed by atoms with Crippen molar-refractivity contribution in [1.82, 2.24) is 0 Å². The van der Waals surface area contributed by atoms with Crippen molar-refractivity contribution in [2.45, 2.75) is 12.5 Å². The molecular weight excluding hydrogens is 310 g/mol. The minimum absolute atomic E-state index is 0.0660.